The highest BCUT2D eigenvalue weighted by atomic mass is 32.2. The van der Waals surface area contributed by atoms with Gasteiger partial charge < -0.3 is 14.6 Å². The van der Waals surface area contributed by atoms with Gasteiger partial charge in [-0.25, -0.2) is 17.2 Å². The molecule has 4 rings (SSSR count). The highest BCUT2D eigenvalue weighted by Gasteiger charge is 2.30. The monoisotopic (exact) mass is 460 g/mol. The van der Waals surface area contributed by atoms with Crippen molar-refractivity contribution in [2.75, 3.05) is 37.6 Å². The van der Waals surface area contributed by atoms with Crippen LogP contribution in [0.5, 0.6) is 0 Å². The van der Waals surface area contributed by atoms with Crippen LogP contribution in [0.1, 0.15) is 10.4 Å². The number of nitrogens with zero attached hydrogens (tertiary/aromatic N) is 3. The van der Waals surface area contributed by atoms with Crippen molar-refractivity contribution in [1.82, 2.24) is 14.6 Å². The normalized spacial score (nSPS) is 15.0. The van der Waals surface area contributed by atoms with Crippen LogP contribution in [0.3, 0.4) is 0 Å². The Balaban J connectivity index is 1.47. The average Bonchev–Trinajstić information content (AvgIpc) is 3.22. The molecule has 1 aromatic heterocycles. The molecule has 0 bridgehead atoms. The third kappa shape index (κ3) is 4.15. The van der Waals surface area contributed by atoms with Crippen LogP contribution in [0, 0.1) is 24.0 Å². The van der Waals surface area contributed by atoms with Crippen molar-refractivity contribution in [3.63, 3.8) is 0 Å². The smallest absolute Gasteiger partial charge is 0.298 e. The lowest BCUT2D eigenvalue weighted by Gasteiger charge is -2.33. The first-order valence-electron chi connectivity index (χ1n) is 9.62. The number of sulfonamides is 1. The highest BCUT2D eigenvalue weighted by molar-refractivity contribution is 7.89. The molecule has 0 saturated carbocycles. The summed E-state index contributed by atoms with van der Waals surface area (Å²) in [5, 5.41) is 2.57. The van der Waals surface area contributed by atoms with Gasteiger partial charge in [0.05, 0.1) is 11.4 Å². The van der Waals surface area contributed by atoms with E-state index in [0.717, 1.165) is 12.1 Å². The molecule has 0 atom stereocenters. The van der Waals surface area contributed by atoms with Gasteiger partial charge in [0, 0.05) is 31.7 Å². The topological polar surface area (TPSA) is 95.8 Å². The van der Waals surface area contributed by atoms with E-state index in [4.69, 9.17) is 10.8 Å². The number of nitrogens with one attached hydrogen (secondary N) is 1. The first kappa shape index (κ1) is 21.7. The predicted octanol–water partition coefficient (Wildman–Crippen LogP) is 1.98. The van der Waals surface area contributed by atoms with Crippen LogP contribution in [0.15, 0.2) is 45.7 Å². The standard InChI is InChI=1S/C21H18F2N4O4S/c1-2-7-24-20(28)14-3-6-19-18(12-14)25-21(31-19)26-8-10-27(11-9-26)32(29,30)15-4-5-16(22)17(23)13-15/h1,3-6,12-13H,7-11H2,(H,24,28). The van der Waals surface area contributed by atoms with E-state index in [1.165, 1.54) is 4.31 Å². The number of carbonyl (C=O) groups is 1. The summed E-state index contributed by atoms with van der Waals surface area (Å²) in [7, 11) is -3.96. The van der Waals surface area contributed by atoms with Gasteiger partial charge in [-0.3, -0.25) is 4.79 Å². The van der Waals surface area contributed by atoms with E-state index in [0.29, 0.717) is 28.7 Å². The van der Waals surface area contributed by atoms with Crippen LogP contribution in [0.2, 0.25) is 0 Å². The second-order valence-corrected chi connectivity index (χ2v) is 8.97. The van der Waals surface area contributed by atoms with Gasteiger partial charge in [0.1, 0.15) is 5.52 Å². The third-order valence-corrected chi connectivity index (χ3v) is 6.92. The maximum atomic E-state index is 13.5. The number of oxazole rings is 1. The van der Waals surface area contributed by atoms with Crippen molar-refractivity contribution < 1.29 is 26.4 Å². The molecule has 2 aromatic carbocycles. The summed E-state index contributed by atoms with van der Waals surface area (Å²) >= 11 is 0. The molecule has 1 saturated heterocycles. The summed E-state index contributed by atoms with van der Waals surface area (Å²) in [6, 6.07) is 7.60. The molecule has 0 unspecified atom stereocenters. The van der Waals surface area contributed by atoms with Crippen molar-refractivity contribution in [2.24, 2.45) is 0 Å². The van der Waals surface area contributed by atoms with E-state index in [9.17, 15) is 22.0 Å². The first-order chi connectivity index (χ1) is 15.3. The second kappa shape index (κ2) is 8.57. The van der Waals surface area contributed by atoms with Gasteiger partial charge in [-0.05, 0) is 36.4 Å². The number of fused-ring (bicyclic) bond motifs is 1. The molecule has 0 radical (unpaired) electrons. The Hall–Kier alpha value is -3.49. The summed E-state index contributed by atoms with van der Waals surface area (Å²) in [6.07, 6.45) is 5.14. The fourth-order valence-corrected chi connectivity index (χ4v) is 4.77. The summed E-state index contributed by atoms with van der Waals surface area (Å²) < 4.78 is 59.1. The number of hydrogen-bond donors (Lipinski definition) is 1. The molecule has 1 fully saturated rings. The summed E-state index contributed by atoms with van der Waals surface area (Å²) in [4.78, 5) is 17.9. The highest BCUT2D eigenvalue weighted by Crippen LogP contribution is 2.26. The first-order valence-corrected chi connectivity index (χ1v) is 11.1. The molecule has 0 aliphatic carbocycles. The Morgan fingerprint density at radius 3 is 2.56 bits per heavy atom. The molecule has 8 nitrogen and oxygen atoms in total. The molecule has 1 amide bonds. The number of benzene rings is 2. The minimum atomic E-state index is -3.96. The van der Waals surface area contributed by atoms with Crippen molar-refractivity contribution in [1.29, 1.82) is 0 Å². The van der Waals surface area contributed by atoms with Gasteiger partial charge in [0.25, 0.3) is 11.9 Å². The van der Waals surface area contributed by atoms with E-state index in [2.05, 4.69) is 16.2 Å². The van der Waals surface area contributed by atoms with Gasteiger partial charge in [-0.2, -0.15) is 9.29 Å². The van der Waals surface area contributed by atoms with Gasteiger partial charge >= 0.3 is 0 Å². The number of carbonyl (C=O) groups excluding carboxylic acids is 1. The molecule has 166 valence electrons. The SMILES string of the molecule is C#CCNC(=O)c1ccc2oc(N3CCN(S(=O)(=O)c4ccc(F)c(F)c4)CC3)nc2c1. The fourth-order valence-electron chi connectivity index (χ4n) is 3.33. The minimum Gasteiger partial charge on any atom is -0.423 e. The number of hydrogen-bond acceptors (Lipinski definition) is 6. The van der Waals surface area contributed by atoms with Crippen LogP contribution >= 0.6 is 0 Å². The van der Waals surface area contributed by atoms with Crippen LogP contribution in [-0.4, -0.2) is 56.3 Å². The van der Waals surface area contributed by atoms with Crippen molar-refractivity contribution in [3.05, 3.63) is 53.6 Å². The molecule has 1 aliphatic rings. The number of halogens is 2. The molecule has 32 heavy (non-hydrogen) atoms. The maximum absolute atomic E-state index is 13.5. The van der Waals surface area contributed by atoms with Gasteiger partial charge in [-0.1, -0.05) is 5.92 Å². The molecular formula is C21H18F2N4O4S. The zero-order chi connectivity index (χ0) is 22.9. The number of anilines is 1. The second-order valence-electron chi connectivity index (χ2n) is 7.03. The van der Waals surface area contributed by atoms with Crippen LogP contribution in [0.4, 0.5) is 14.8 Å². The molecule has 1 N–H and O–H groups in total. The third-order valence-electron chi connectivity index (χ3n) is 5.03. The number of piperazine rings is 1. The van der Waals surface area contributed by atoms with E-state index in [1.54, 1.807) is 23.1 Å². The van der Waals surface area contributed by atoms with Crippen molar-refractivity contribution in [3.8, 4) is 12.3 Å². The molecule has 1 aliphatic heterocycles. The largest absolute Gasteiger partial charge is 0.423 e. The van der Waals surface area contributed by atoms with Crippen molar-refractivity contribution in [2.45, 2.75) is 4.90 Å². The molecule has 0 spiro atoms. The predicted molar refractivity (Wildman–Crippen MR) is 113 cm³/mol. The number of terminal acetylenes is 1. The summed E-state index contributed by atoms with van der Waals surface area (Å²) in [5.41, 5.74) is 1.34. The van der Waals surface area contributed by atoms with Crippen LogP contribution in [-0.2, 0) is 10.0 Å². The zero-order valence-corrected chi connectivity index (χ0v) is 17.5. The Morgan fingerprint density at radius 2 is 1.88 bits per heavy atom. The van der Waals surface area contributed by atoms with Gasteiger partial charge in [0.15, 0.2) is 17.2 Å². The molecule has 11 heteroatoms. The number of amides is 1. The molecule has 2 heterocycles. The van der Waals surface area contributed by atoms with E-state index in [1.807, 2.05) is 0 Å². The van der Waals surface area contributed by atoms with Crippen molar-refractivity contribution >= 4 is 33.0 Å². The van der Waals surface area contributed by atoms with Crippen LogP contribution < -0.4 is 10.2 Å². The number of aromatic nitrogens is 1. The Bertz CT molecular complexity index is 1330. The molecular weight excluding hydrogens is 442 g/mol. The summed E-state index contributed by atoms with van der Waals surface area (Å²) in [6.45, 7) is 0.898. The van der Waals surface area contributed by atoms with Crippen LogP contribution in [0.25, 0.3) is 11.1 Å². The quantitative estimate of drug-likeness (QED) is 0.585. The van der Waals surface area contributed by atoms with Gasteiger partial charge in [-0.15, -0.1) is 6.42 Å². The fraction of sp³-hybridized carbons (Fsp3) is 0.238. The lowest BCUT2D eigenvalue weighted by molar-refractivity contribution is 0.0959. The molecule has 3 aromatic rings. The van der Waals surface area contributed by atoms with Gasteiger partial charge in [0.2, 0.25) is 10.0 Å². The Labute approximate surface area is 182 Å². The lowest BCUT2D eigenvalue weighted by atomic mass is 10.2. The Morgan fingerprint density at radius 1 is 1.12 bits per heavy atom. The lowest BCUT2D eigenvalue weighted by Crippen LogP contribution is -2.48. The average molecular weight is 460 g/mol. The van der Waals surface area contributed by atoms with E-state index < -0.39 is 21.7 Å². The Kier molecular flexibility index (Phi) is 5.82. The maximum Gasteiger partial charge on any atom is 0.298 e. The van der Waals surface area contributed by atoms with E-state index in [-0.39, 0.29) is 43.5 Å². The van der Waals surface area contributed by atoms with E-state index >= 15 is 0 Å². The number of rotatable bonds is 5. The zero-order valence-electron chi connectivity index (χ0n) is 16.7. The minimum absolute atomic E-state index is 0.110. The summed E-state index contributed by atoms with van der Waals surface area (Å²) in [5.74, 6) is -0.329.